The molecule has 2 aromatic rings. The average Bonchev–Trinajstić information content (AvgIpc) is 2.38. The molecular weight excluding hydrogens is 226 g/mol. The molecule has 0 amide bonds. The Morgan fingerprint density at radius 3 is 2.89 bits per heavy atom. The number of nitrogens with zero attached hydrogens (tertiary/aromatic N) is 1. The number of aromatic nitrogens is 1. The van der Waals surface area contributed by atoms with Crippen molar-refractivity contribution in [2.24, 2.45) is 0 Å². The van der Waals surface area contributed by atoms with Crippen molar-refractivity contribution in [2.75, 3.05) is 13.7 Å². The van der Waals surface area contributed by atoms with Crippen LogP contribution in [-0.4, -0.2) is 24.5 Å². The van der Waals surface area contributed by atoms with Crippen LogP contribution in [0.1, 0.15) is 28.9 Å². The first-order valence-corrected chi connectivity index (χ1v) is 6.10. The minimum atomic E-state index is 0.162. The number of Topliss-reactive ketones (excluding diaryl/α,β-unsaturated/α-hetero) is 1. The van der Waals surface area contributed by atoms with Gasteiger partial charge in [0.1, 0.15) is 0 Å². The molecule has 94 valence electrons. The van der Waals surface area contributed by atoms with Crippen LogP contribution in [0.25, 0.3) is 10.9 Å². The number of ketones is 1. The van der Waals surface area contributed by atoms with E-state index in [-0.39, 0.29) is 5.78 Å². The highest BCUT2D eigenvalue weighted by molar-refractivity contribution is 5.99. The molecule has 0 saturated heterocycles. The monoisotopic (exact) mass is 243 g/mol. The van der Waals surface area contributed by atoms with Gasteiger partial charge >= 0.3 is 0 Å². The standard InChI is InChI=1S/C15H17NO2/c1-11-5-6-12-10-13(7-8-14(12)16-11)15(17)4-3-9-18-2/h5-8,10H,3-4,9H2,1-2H3. The number of carbonyl (C=O) groups excluding carboxylic acids is 1. The van der Waals surface area contributed by atoms with Crippen molar-refractivity contribution in [1.29, 1.82) is 0 Å². The molecule has 1 aromatic heterocycles. The van der Waals surface area contributed by atoms with Crippen molar-refractivity contribution in [3.8, 4) is 0 Å². The molecule has 0 atom stereocenters. The summed E-state index contributed by atoms with van der Waals surface area (Å²) < 4.78 is 4.95. The van der Waals surface area contributed by atoms with E-state index in [2.05, 4.69) is 4.98 Å². The fourth-order valence-corrected chi connectivity index (χ4v) is 1.92. The number of fused-ring (bicyclic) bond motifs is 1. The fraction of sp³-hybridized carbons (Fsp3) is 0.333. The molecule has 0 bridgehead atoms. The Morgan fingerprint density at radius 1 is 1.28 bits per heavy atom. The number of aryl methyl sites for hydroxylation is 1. The van der Waals surface area contributed by atoms with E-state index in [9.17, 15) is 4.79 Å². The largest absolute Gasteiger partial charge is 0.385 e. The SMILES string of the molecule is COCCCC(=O)c1ccc2nc(C)ccc2c1. The predicted molar refractivity (Wildman–Crippen MR) is 71.9 cm³/mol. The topological polar surface area (TPSA) is 39.2 Å². The molecule has 0 saturated carbocycles. The summed E-state index contributed by atoms with van der Waals surface area (Å²) in [7, 11) is 1.65. The third-order valence-corrected chi connectivity index (χ3v) is 2.90. The van der Waals surface area contributed by atoms with Gasteiger partial charge in [-0.2, -0.15) is 0 Å². The lowest BCUT2D eigenvalue weighted by Crippen LogP contribution is -2.01. The van der Waals surface area contributed by atoms with Gasteiger partial charge in [0.2, 0.25) is 0 Å². The molecule has 0 unspecified atom stereocenters. The number of ether oxygens (including phenoxy) is 1. The van der Waals surface area contributed by atoms with Crippen LogP contribution in [0.4, 0.5) is 0 Å². The Kier molecular flexibility index (Phi) is 4.05. The quantitative estimate of drug-likeness (QED) is 0.598. The van der Waals surface area contributed by atoms with Gasteiger partial charge < -0.3 is 4.74 Å². The number of pyridine rings is 1. The maximum atomic E-state index is 12.0. The summed E-state index contributed by atoms with van der Waals surface area (Å²) in [5.74, 6) is 0.162. The average molecular weight is 243 g/mol. The van der Waals surface area contributed by atoms with E-state index >= 15 is 0 Å². The zero-order valence-electron chi connectivity index (χ0n) is 10.8. The molecule has 0 aliphatic rings. The van der Waals surface area contributed by atoms with E-state index in [4.69, 9.17) is 4.74 Å². The summed E-state index contributed by atoms with van der Waals surface area (Å²) in [6.45, 7) is 2.59. The molecule has 0 aliphatic carbocycles. The molecule has 0 aliphatic heterocycles. The number of hydrogen-bond acceptors (Lipinski definition) is 3. The first-order chi connectivity index (χ1) is 8.70. The van der Waals surface area contributed by atoms with E-state index < -0.39 is 0 Å². The van der Waals surface area contributed by atoms with Gasteiger partial charge in [0.15, 0.2) is 5.78 Å². The Balaban J connectivity index is 2.19. The van der Waals surface area contributed by atoms with E-state index in [1.165, 1.54) is 0 Å². The zero-order chi connectivity index (χ0) is 13.0. The highest BCUT2D eigenvalue weighted by atomic mass is 16.5. The molecule has 0 N–H and O–H groups in total. The van der Waals surface area contributed by atoms with Crippen LogP contribution < -0.4 is 0 Å². The van der Waals surface area contributed by atoms with Crippen molar-refractivity contribution >= 4 is 16.7 Å². The summed E-state index contributed by atoms with van der Waals surface area (Å²) in [5, 5.41) is 1.01. The highest BCUT2D eigenvalue weighted by Gasteiger charge is 2.06. The highest BCUT2D eigenvalue weighted by Crippen LogP contribution is 2.16. The van der Waals surface area contributed by atoms with Crippen LogP contribution in [0.5, 0.6) is 0 Å². The van der Waals surface area contributed by atoms with Gasteiger partial charge in [0.25, 0.3) is 0 Å². The molecule has 2 rings (SSSR count). The Labute approximate surface area is 107 Å². The van der Waals surface area contributed by atoms with E-state index in [1.807, 2.05) is 37.3 Å². The third kappa shape index (κ3) is 2.93. The summed E-state index contributed by atoms with van der Waals surface area (Å²) in [5.41, 5.74) is 2.68. The van der Waals surface area contributed by atoms with E-state index in [1.54, 1.807) is 7.11 Å². The molecule has 18 heavy (non-hydrogen) atoms. The lowest BCUT2D eigenvalue weighted by Gasteiger charge is -2.03. The maximum absolute atomic E-state index is 12.0. The van der Waals surface area contributed by atoms with Crippen LogP contribution in [-0.2, 0) is 4.74 Å². The minimum Gasteiger partial charge on any atom is -0.385 e. The van der Waals surface area contributed by atoms with Crippen molar-refractivity contribution in [3.05, 3.63) is 41.6 Å². The summed E-state index contributed by atoms with van der Waals surface area (Å²) in [6.07, 6.45) is 1.29. The van der Waals surface area contributed by atoms with Crippen LogP contribution in [0, 0.1) is 6.92 Å². The summed E-state index contributed by atoms with van der Waals surface area (Å²) in [4.78, 5) is 16.4. The smallest absolute Gasteiger partial charge is 0.162 e. The molecule has 3 heteroatoms. The minimum absolute atomic E-state index is 0.162. The van der Waals surface area contributed by atoms with E-state index in [0.717, 1.165) is 28.6 Å². The van der Waals surface area contributed by atoms with Gasteiger partial charge in [-0.3, -0.25) is 9.78 Å². The summed E-state index contributed by atoms with van der Waals surface area (Å²) >= 11 is 0. The van der Waals surface area contributed by atoms with Crippen molar-refractivity contribution in [1.82, 2.24) is 4.98 Å². The van der Waals surface area contributed by atoms with Crippen molar-refractivity contribution in [3.63, 3.8) is 0 Å². The molecule has 0 spiro atoms. The van der Waals surface area contributed by atoms with Gasteiger partial charge in [-0.25, -0.2) is 0 Å². The molecule has 3 nitrogen and oxygen atoms in total. The molecule has 0 radical (unpaired) electrons. The number of rotatable bonds is 5. The van der Waals surface area contributed by atoms with Gasteiger partial charge in [0, 0.05) is 36.8 Å². The predicted octanol–water partition coefficient (Wildman–Crippen LogP) is 3.15. The zero-order valence-corrected chi connectivity index (χ0v) is 10.8. The Morgan fingerprint density at radius 2 is 2.11 bits per heavy atom. The lowest BCUT2D eigenvalue weighted by atomic mass is 10.0. The number of benzene rings is 1. The molecule has 1 aromatic carbocycles. The second kappa shape index (κ2) is 5.74. The van der Waals surface area contributed by atoms with Gasteiger partial charge in [0.05, 0.1) is 5.52 Å². The first kappa shape index (κ1) is 12.7. The van der Waals surface area contributed by atoms with Gasteiger partial charge in [-0.05, 0) is 37.6 Å². The molecule has 1 heterocycles. The Bertz CT molecular complexity index is 563. The third-order valence-electron chi connectivity index (χ3n) is 2.90. The molecular formula is C15H17NO2. The van der Waals surface area contributed by atoms with Crippen LogP contribution in [0.15, 0.2) is 30.3 Å². The maximum Gasteiger partial charge on any atom is 0.162 e. The Hall–Kier alpha value is -1.74. The second-order valence-corrected chi connectivity index (χ2v) is 4.38. The van der Waals surface area contributed by atoms with E-state index in [0.29, 0.717) is 13.0 Å². The van der Waals surface area contributed by atoms with Gasteiger partial charge in [-0.15, -0.1) is 0 Å². The number of hydrogen-bond donors (Lipinski definition) is 0. The van der Waals surface area contributed by atoms with Crippen molar-refractivity contribution < 1.29 is 9.53 Å². The first-order valence-electron chi connectivity index (χ1n) is 6.10. The van der Waals surface area contributed by atoms with Crippen LogP contribution in [0.3, 0.4) is 0 Å². The van der Waals surface area contributed by atoms with Crippen LogP contribution >= 0.6 is 0 Å². The normalized spacial score (nSPS) is 10.8. The van der Waals surface area contributed by atoms with Crippen LogP contribution in [0.2, 0.25) is 0 Å². The molecule has 0 fully saturated rings. The second-order valence-electron chi connectivity index (χ2n) is 4.38. The fourth-order valence-electron chi connectivity index (χ4n) is 1.92. The van der Waals surface area contributed by atoms with Gasteiger partial charge in [-0.1, -0.05) is 6.07 Å². The lowest BCUT2D eigenvalue weighted by molar-refractivity contribution is 0.0963. The van der Waals surface area contributed by atoms with Crippen molar-refractivity contribution in [2.45, 2.75) is 19.8 Å². The number of methoxy groups -OCH3 is 1. The number of carbonyl (C=O) groups is 1. The summed E-state index contributed by atoms with van der Waals surface area (Å²) in [6, 6.07) is 9.64.